The highest BCUT2D eigenvalue weighted by Crippen LogP contribution is 2.48. The normalized spacial score (nSPS) is 30.6. The number of pyridine rings is 1. The molecule has 1 aromatic carbocycles. The van der Waals surface area contributed by atoms with Gasteiger partial charge in [0, 0.05) is 23.3 Å². The Kier molecular flexibility index (Phi) is 10.6. The lowest BCUT2D eigenvalue weighted by atomic mass is 10.0. The van der Waals surface area contributed by atoms with E-state index in [1.165, 1.54) is 18.1 Å². The number of amides is 4. The molecule has 2 aliphatic carbocycles. The number of carboxylic acid groups (broad SMARTS) is 1. The molecule has 0 radical (unpaired) electrons. The van der Waals surface area contributed by atoms with Gasteiger partial charge in [0.05, 0.1) is 37.2 Å². The zero-order valence-corrected chi connectivity index (χ0v) is 32.6. The molecule has 4 heterocycles. The van der Waals surface area contributed by atoms with Gasteiger partial charge in [-0.1, -0.05) is 19.1 Å². The maximum Gasteiger partial charge on any atom is 0.405 e. The van der Waals surface area contributed by atoms with Gasteiger partial charge >= 0.3 is 6.09 Å². The standard InChI is InChI=1S/C38H48FN5O11S/c1-5-28-30(40-36(48)49)34(46)44-19-22(55-33-25-16-26(39)29(52-4)17-24(25)23-11-8-14-53-32(23)41-33)15-27(44)31(45)42-38(18-21(38)10-7-6-9-20(2)54-28)35(47)43-56(50,51)37(3)12-13-37/h7,10,16-17,20-22,27-28,30,40H,5-6,8-9,11-15,18-19H2,1-4H3,(H,42,45)(H,43,47)(H,48,49)/b10-7-/t20-,21-,22-,27+,28+,30+,38-/m1/s1. The molecule has 4 N–H and O–H groups in total. The average molecular weight is 802 g/mol. The van der Waals surface area contributed by atoms with Gasteiger partial charge in [0.25, 0.3) is 5.91 Å². The summed E-state index contributed by atoms with van der Waals surface area (Å²) in [5, 5.41) is 15.9. The second kappa shape index (κ2) is 15.0. The molecule has 18 heteroatoms. The topological polar surface area (TPSA) is 212 Å². The maximum absolute atomic E-state index is 15.2. The molecule has 7 rings (SSSR count). The third-order valence-electron chi connectivity index (χ3n) is 11.7. The summed E-state index contributed by atoms with van der Waals surface area (Å²) in [5.41, 5.74) is -0.876. The van der Waals surface area contributed by atoms with Crippen LogP contribution in [0.1, 0.15) is 77.7 Å². The number of rotatable bonds is 8. The monoisotopic (exact) mass is 801 g/mol. The van der Waals surface area contributed by atoms with Crippen molar-refractivity contribution in [2.45, 2.75) is 119 Å². The zero-order chi connectivity index (χ0) is 40.2. The number of allylic oxidation sites excluding steroid dienone is 1. The largest absolute Gasteiger partial charge is 0.494 e. The van der Waals surface area contributed by atoms with Gasteiger partial charge in [0.1, 0.15) is 23.7 Å². The highest BCUT2D eigenvalue weighted by Gasteiger charge is 2.63. The summed E-state index contributed by atoms with van der Waals surface area (Å²) in [4.78, 5) is 60.8. The van der Waals surface area contributed by atoms with Crippen molar-refractivity contribution >= 4 is 44.6 Å². The second-order valence-electron chi connectivity index (χ2n) is 15.6. The van der Waals surface area contributed by atoms with Crippen LogP contribution in [0.4, 0.5) is 9.18 Å². The summed E-state index contributed by atoms with van der Waals surface area (Å²) in [7, 11) is -2.70. The molecule has 1 aromatic heterocycles. The minimum absolute atomic E-state index is 0.00590. The number of hydrogen-bond acceptors (Lipinski definition) is 11. The fourth-order valence-corrected chi connectivity index (χ4v) is 9.24. The van der Waals surface area contributed by atoms with Crippen molar-refractivity contribution in [2.24, 2.45) is 5.92 Å². The number of aromatic nitrogens is 1. The molecule has 4 amide bonds. The third kappa shape index (κ3) is 7.44. The number of benzene rings is 1. The Morgan fingerprint density at radius 1 is 1.21 bits per heavy atom. The Hall–Kier alpha value is -4.71. The molecular formula is C38H48FN5O11S. The van der Waals surface area contributed by atoms with Crippen LogP contribution in [0.2, 0.25) is 0 Å². The molecule has 0 spiro atoms. The molecule has 0 unspecified atom stereocenters. The number of aryl methyl sites for hydroxylation is 1. The summed E-state index contributed by atoms with van der Waals surface area (Å²) in [5.74, 6) is -3.30. The molecular weight excluding hydrogens is 754 g/mol. The Balaban J connectivity index is 1.26. The van der Waals surface area contributed by atoms with E-state index >= 15 is 4.39 Å². The number of ether oxygens (including phenoxy) is 4. The Morgan fingerprint density at radius 3 is 2.68 bits per heavy atom. The number of carbonyl (C=O) groups excluding carboxylic acids is 3. The predicted molar refractivity (Wildman–Crippen MR) is 198 cm³/mol. The fraction of sp³-hybridized carbons (Fsp3) is 0.605. The lowest BCUT2D eigenvalue weighted by molar-refractivity contribution is -0.145. The zero-order valence-electron chi connectivity index (χ0n) is 31.8. The van der Waals surface area contributed by atoms with Gasteiger partial charge in [-0.2, -0.15) is 4.98 Å². The molecule has 0 bridgehead atoms. The van der Waals surface area contributed by atoms with Gasteiger partial charge in [-0.3, -0.25) is 19.1 Å². The number of methoxy groups -OCH3 is 1. The van der Waals surface area contributed by atoms with Crippen molar-refractivity contribution in [1.29, 1.82) is 0 Å². The van der Waals surface area contributed by atoms with E-state index in [1.807, 2.05) is 6.08 Å². The van der Waals surface area contributed by atoms with Crippen LogP contribution in [0.5, 0.6) is 17.5 Å². The summed E-state index contributed by atoms with van der Waals surface area (Å²) >= 11 is 0. The van der Waals surface area contributed by atoms with Gasteiger partial charge in [0.15, 0.2) is 11.6 Å². The van der Waals surface area contributed by atoms with Crippen LogP contribution < -0.4 is 29.6 Å². The molecule has 304 valence electrons. The van der Waals surface area contributed by atoms with E-state index in [2.05, 4.69) is 20.3 Å². The lowest BCUT2D eigenvalue weighted by Crippen LogP contribution is -2.60. The van der Waals surface area contributed by atoms with Crippen LogP contribution >= 0.6 is 0 Å². The SMILES string of the molecule is CC[C@@H]1O[C@H](C)CC/C=C\[C@@H]2C[C@@]2(C(=O)NS(=O)(=O)C2(C)CC2)NC(=O)[C@@H]2C[C@@H](Oc3nc4c(c5cc(OC)c(F)cc35)CCCO4)CN2C(=O)[C@H]1NC(=O)O. The highest BCUT2D eigenvalue weighted by atomic mass is 32.2. The molecule has 3 fully saturated rings. The van der Waals surface area contributed by atoms with E-state index in [4.69, 9.17) is 18.9 Å². The molecule has 2 saturated carbocycles. The van der Waals surface area contributed by atoms with Crippen molar-refractivity contribution in [3.63, 3.8) is 0 Å². The van der Waals surface area contributed by atoms with Gasteiger partial charge in [-0.25, -0.2) is 17.6 Å². The van der Waals surface area contributed by atoms with Crippen LogP contribution in [0.25, 0.3) is 10.8 Å². The molecule has 3 aliphatic heterocycles. The number of hydrogen-bond donors (Lipinski definition) is 4. The van der Waals surface area contributed by atoms with Crippen LogP contribution in [0.3, 0.4) is 0 Å². The first-order valence-corrected chi connectivity index (χ1v) is 20.6. The maximum atomic E-state index is 15.2. The first-order valence-electron chi connectivity index (χ1n) is 19.1. The number of carbonyl (C=O) groups is 4. The van der Waals surface area contributed by atoms with Gasteiger partial charge < -0.3 is 39.6 Å². The van der Waals surface area contributed by atoms with Gasteiger partial charge in [-0.15, -0.1) is 0 Å². The fourth-order valence-electron chi connectivity index (χ4n) is 7.93. The minimum atomic E-state index is -4.06. The van der Waals surface area contributed by atoms with Crippen LogP contribution in [0, 0.1) is 11.7 Å². The molecule has 56 heavy (non-hydrogen) atoms. The molecule has 5 aliphatic rings. The van der Waals surface area contributed by atoms with Crippen molar-refractivity contribution in [3.8, 4) is 17.5 Å². The smallest absolute Gasteiger partial charge is 0.405 e. The van der Waals surface area contributed by atoms with Gasteiger partial charge in [0.2, 0.25) is 33.6 Å². The predicted octanol–water partition coefficient (Wildman–Crippen LogP) is 3.10. The summed E-state index contributed by atoms with van der Waals surface area (Å²) in [6, 6.07) is 0.0525. The van der Waals surface area contributed by atoms with E-state index in [-0.39, 0.29) is 37.4 Å². The lowest BCUT2D eigenvalue weighted by Gasteiger charge is -2.33. The van der Waals surface area contributed by atoms with Crippen molar-refractivity contribution in [1.82, 2.24) is 25.2 Å². The third-order valence-corrected chi connectivity index (χ3v) is 13.8. The second-order valence-corrected chi connectivity index (χ2v) is 17.8. The van der Waals surface area contributed by atoms with Crippen molar-refractivity contribution in [2.75, 3.05) is 20.3 Å². The number of nitrogens with one attached hydrogen (secondary N) is 3. The Labute approximate surface area is 323 Å². The number of halogens is 1. The first-order chi connectivity index (χ1) is 26.6. The summed E-state index contributed by atoms with van der Waals surface area (Å²) in [6.07, 6.45) is 3.22. The Bertz CT molecular complexity index is 2080. The minimum Gasteiger partial charge on any atom is -0.494 e. The van der Waals surface area contributed by atoms with Crippen molar-refractivity contribution < 1.29 is 56.0 Å². The van der Waals surface area contributed by atoms with Crippen LogP contribution in [0.15, 0.2) is 24.3 Å². The van der Waals surface area contributed by atoms with Crippen molar-refractivity contribution in [3.05, 3.63) is 35.7 Å². The van der Waals surface area contributed by atoms with Gasteiger partial charge in [-0.05, 0) is 82.7 Å². The first kappa shape index (κ1) is 39.5. The number of nitrogens with zero attached hydrogens (tertiary/aromatic N) is 2. The van der Waals surface area contributed by atoms with E-state index in [9.17, 15) is 32.7 Å². The van der Waals surface area contributed by atoms with E-state index in [0.717, 1.165) is 5.56 Å². The van der Waals surface area contributed by atoms with E-state index in [1.54, 1.807) is 32.9 Å². The number of fused-ring (bicyclic) bond motifs is 5. The van der Waals surface area contributed by atoms with E-state index in [0.29, 0.717) is 61.8 Å². The molecule has 2 aromatic rings. The highest BCUT2D eigenvalue weighted by molar-refractivity contribution is 7.91. The van der Waals surface area contributed by atoms with Crippen LogP contribution in [-0.4, -0.2) is 108 Å². The van der Waals surface area contributed by atoms with E-state index < -0.39 is 86.3 Å². The molecule has 7 atom stereocenters. The summed E-state index contributed by atoms with van der Waals surface area (Å²) < 4.78 is 66.4. The molecule has 1 saturated heterocycles. The van der Waals surface area contributed by atoms with Crippen LogP contribution in [-0.2, 0) is 35.6 Å². The quantitative estimate of drug-likeness (QED) is 0.284. The summed E-state index contributed by atoms with van der Waals surface area (Å²) in [6.45, 7) is 5.29. The average Bonchev–Trinajstić information content (AvgIpc) is 4.04. The Morgan fingerprint density at radius 2 is 1.98 bits per heavy atom. The molecule has 16 nitrogen and oxygen atoms in total. The number of sulfonamides is 1.